The molecule has 1 unspecified atom stereocenters. The van der Waals surface area contributed by atoms with Crippen molar-refractivity contribution in [2.75, 3.05) is 62.6 Å². The van der Waals surface area contributed by atoms with Crippen molar-refractivity contribution in [1.29, 1.82) is 0 Å². The van der Waals surface area contributed by atoms with Crippen LogP contribution in [0.4, 0.5) is 33.3 Å². The molecule has 2 amide bonds. The fourth-order valence-corrected chi connectivity index (χ4v) is 5.25. The van der Waals surface area contributed by atoms with E-state index in [-0.39, 0.29) is 30.9 Å². The summed E-state index contributed by atoms with van der Waals surface area (Å²) in [5.74, 6) is -3.94. The lowest BCUT2D eigenvalue weighted by atomic mass is 10.1. The summed E-state index contributed by atoms with van der Waals surface area (Å²) in [4.78, 5) is 30.6. The number of carbonyl (C=O) groups excluding carboxylic acids is 2. The lowest BCUT2D eigenvalue weighted by Crippen LogP contribution is -2.47. The number of amides is 2. The number of likely N-dealkylation sites (tertiary alicyclic amines) is 1. The molecular weight excluding hydrogens is 585 g/mol. The predicted molar refractivity (Wildman–Crippen MR) is 149 cm³/mol. The van der Waals surface area contributed by atoms with Crippen LogP contribution in [0.25, 0.3) is 0 Å². The second-order valence-electron chi connectivity index (χ2n) is 10.5. The number of alkyl halides is 3. The van der Waals surface area contributed by atoms with Gasteiger partial charge in [0.2, 0.25) is 5.91 Å². The van der Waals surface area contributed by atoms with Crippen molar-refractivity contribution in [3.63, 3.8) is 0 Å². The van der Waals surface area contributed by atoms with Gasteiger partial charge >= 0.3 is 6.18 Å². The van der Waals surface area contributed by atoms with Crippen molar-refractivity contribution in [3.8, 4) is 0 Å². The van der Waals surface area contributed by atoms with Gasteiger partial charge in [0.15, 0.2) is 11.6 Å². The standard InChI is InChI=1S/C28H33ClF5N5O3/c29-19-4-6-22(23(14-19)39-12-10-37(11-13-39)9-7-28(32,33)34)36-27(42)21-5-3-18(25(30)26(21)31)15-35-24(41)17-38-8-1-2-20(40)16-38/h3-6,14,20,40H,1-2,7-13,15-17H2,(H,35,41)(H,36,42). The second-order valence-corrected chi connectivity index (χ2v) is 11.0. The van der Waals surface area contributed by atoms with E-state index in [0.717, 1.165) is 12.5 Å². The Hall–Kier alpha value is -3.00. The van der Waals surface area contributed by atoms with Gasteiger partial charge in [-0.1, -0.05) is 17.7 Å². The Kier molecular flexibility index (Phi) is 10.6. The van der Waals surface area contributed by atoms with Crippen molar-refractivity contribution >= 4 is 34.8 Å². The van der Waals surface area contributed by atoms with E-state index < -0.39 is 47.7 Å². The number of nitrogens with one attached hydrogen (secondary N) is 2. The third-order valence-corrected chi connectivity index (χ3v) is 7.60. The van der Waals surface area contributed by atoms with Crippen molar-refractivity contribution in [1.82, 2.24) is 15.1 Å². The van der Waals surface area contributed by atoms with E-state index in [0.29, 0.717) is 56.4 Å². The minimum absolute atomic E-state index is 0.0215. The molecule has 2 fully saturated rings. The van der Waals surface area contributed by atoms with Crippen molar-refractivity contribution in [2.45, 2.75) is 38.1 Å². The van der Waals surface area contributed by atoms with E-state index in [1.54, 1.807) is 15.9 Å². The SMILES string of the molecule is O=C(CN1CCCC(O)C1)NCc1ccc(C(=O)Nc2ccc(Cl)cc2N2CCN(CCC(F)(F)F)CC2)c(F)c1F. The Labute approximate surface area is 245 Å². The number of piperidine rings is 1. The van der Waals surface area contributed by atoms with Gasteiger partial charge in [-0.25, -0.2) is 8.78 Å². The lowest BCUT2D eigenvalue weighted by molar-refractivity contribution is -0.138. The molecule has 1 atom stereocenters. The van der Waals surface area contributed by atoms with E-state index in [1.165, 1.54) is 18.2 Å². The van der Waals surface area contributed by atoms with Gasteiger partial charge in [0.05, 0.1) is 36.0 Å². The number of rotatable bonds is 9. The summed E-state index contributed by atoms with van der Waals surface area (Å²) < 4.78 is 67.6. The summed E-state index contributed by atoms with van der Waals surface area (Å²) in [5.41, 5.74) is 0.120. The molecule has 4 rings (SSSR count). The number of anilines is 2. The molecule has 14 heteroatoms. The van der Waals surface area contributed by atoms with Gasteiger partial charge < -0.3 is 20.6 Å². The number of nitrogens with zero attached hydrogens (tertiary/aromatic N) is 3. The zero-order valence-electron chi connectivity index (χ0n) is 22.8. The van der Waals surface area contributed by atoms with Crippen LogP contribution >= 0.6 is 11.6 Å². The van der Waals surface area contributed by atoms with E-state index in [4.69, 9.17) is 11.6 Å². The number of hydrogen-bond acceptors (Lipinski definition) is 6. The third kappa shape index (κ3) is 8.76. The zero-order valence-corrected chi connectivity index (χ0v) is 23.6. The number of aliphatic hydroxyl groups excluding tert-OH is 1. The van der Waals surface area contributed by atoms with E-state index in [2.05, 4.69) is 10.6 Å². The number of halogens is 6. The molecule has 2 saturated heterocycles. The maximum atomic E-state index is 15.0. The summed E-state index contributed by atoms with van der Waals surface area (Å²) in [6.07, 6.45) is -4.20. The number of β-amino-alcohol motifs (C(OH)–C–C–N with tert-alkyl or cyclic N) is 1. The first-order valence-corrected chi connectivity index (χ1v) is 14.1. The van der Waals surface area contributed by atoms with E-state index in [1.807, 2.05) is 4.90 Å². The summed E-state index contributed by atoms with van der Waals surface area (Å²) in [6.45, 7) is 2.15. The minimum atomic E-state index is -4.24. The monoisotopic (exact) mass is 617 g/mol. The number of hydrogen-bond donors (Lipinski definition) is 3. The van der Waals surface area contributed by atoms with Crippen LogP contribution in [-0.2, 0) is 11.3 Å². The average Bonchev–Trinajstić information content (AvgIpc) is 2.93. The molecule has 0 aliphatic carbocycles. The number of aliphatic hydroxyl groups is 1. The smallest absolute Gasteiger partial charge is 0.390 e. The highest BCUT2D eigenvalue weighted by molar-refractivity contribution is 6.31. The van der Waals surface area contributed by atoms with Gasteiger partial charge in [-0.2, -0.15) is 13.2 Å². The highest BCUT2D eigenvalue weighted by atomic mass is 35.5. The predicted octanol–water partition coefficient (Wildman–Crippen LogP) is 4.02. The molecule has 230 valence electrons. The Bertz CT molecular complexity index is 1270. The van der Waals surface area contributed by atoms with E-state index >= 15 is 0 Å². The molecule has 0 bridgehead atoms. The lowest BCUT2D eigenvalue weighted by Gasteiger charge is -2.37. The number of piperazine rings is 1. The number of benzene rings is 2. The molecule has 8 nitrogen and oxygen atoms in total. The Morgan fingerprint density at radius 1 is 1.00 bits per heavy atom. The molecule has 2 heterocycles. The van der Waals surface area contributed by atoms with Crippen molar-refractivity contribution in [2.24, 2.45) is 0 Å². The van der Waals surface area contributed by atoms with Crippen LogP contribution in [0.5, 0.6) is 0 Å². The Morgan fingerprint density at radius 2 is 1.74 bits per heavy atom. The number of carbonyl (C=O) groups is 2. The fraction of sp³-hybridized carbons (Fsp3) is 0.500. The average molecular weight is 618 g/mol. The topological polar surface area (TPSA) is 88.2 Å². The summed E-state index contributed by atoms with van der Waals surface area (Å²) in [6, 6.07) is 6.99. The molecule has 2 aromatic carbocycles. The first-order valence-electron chi connectivity index (χ1n) is 13.7. The molecule has 0 spiro atoms. The summed E-state index contributed by atoms with van der Waals surface area (Å²) >= 11 is 6.17. The summed E-state index contributed by atoms with van der Waals surface area (Å²) in [5, 5.41) is 15.2. The van der Waals surface area contributed by atoms with Crippen LogP contribution in [0.2, 0.25) is 5.02 Å². The molecule has 0 saturated carbocycles. The first-order chi connectivity index (χ1) is 19.9. The fourth-order valence-electron chi connectivity index (χ4n) is 5.09. The Morgan fingerprint density at radius 3 is 2.43 bits per heavy atom. The molecule has 2 aliphatic rings. The molecule has 3 N–H and O–H groups in total. The molecule has 0 aromatic heterocycles. The van der Waals surface area contributed by atoms with Crippen LogP contribution < -0.4 is 15.5 Å². The largest absolute Gasteiger partial charge is 0.392 e. The van der Waals surface area contributed by atoms with Gasteiger partial charge in [-0.3, -0.25) is 19.4 Å². The Balaban J connectivity index is 1.37. The molecular formula is C28H33ClF5N5O3. The first kappa shape index (κ1) is 31.9. The van der Waals surface area contributed by atoms with Gasteiger partial charge in [0.1, 0.15) is 0 Å². The highest BCUT2D eigenvalue weighted by Gasteiger charge is 2.29. The van der Waals surface area contributed by atoms with Gasteiger partial charge in [-0.15, -0.1) is 0 Å². The van der Waals surface area contributed by atoms with Crippen LogP contribution in [-0.4, -0.2) is 91.4 Å². The summed E-state index contributed by atoms with van der Waals surface area (Å²) in [7, 11) is 0. The second kappa shape index (κ2) is 14.0. The molecule has 0 radical (unpaired) electrons. The van der Waals surface area contributed by atoms with Gasteiger partial charge in [0.25, 0.3) is 5.91 Å². The van der Waals surface area contributed by atoms with Crippen molar-refractivity contribution < 1.29 is 36.6 Å². The molecule has 2 aromatic rings. The highest BCUT2D eigenvalue weighted by Crippen LogP contribution is 2.31. The van der Waals surface area contributed by atoms with Gasteiger partial charge in [0, 0.05) is 56.4 Å². The minimum Gasteiger partial charge on any atom is -0.392 e. The quantitative estimate of drug-likeness (QED) is 0.369. The maximum absolute atomic E-state index is 15.0. The zero-order chi connectivity index (χ0) is 30.4. The third-order valence-electron chi connectivity index (χ3n) is 7.36. The molecule has 42 heavy (non-hydrogen) atoms. The van der Waals surface area contributed by atoms with Gasteiger partial charge in [-0.05, 0) is 43.7 Å². The van der Waals surface area contributed by atoms with Crippen LogP contribution in [0.1, 0.15) is 35.2 Å². The maximum Gasteiger partial charge on any atom is 0.390 e. The van der Waals surface area contributed by atoms with Crippen LogP contribution in [0.15, 0.2) is 30.3 Å². The normalized spacial score (nSPS) is 18.6. The van der Waals surface area contributed by atoms with Crippen LogP contribution in [0.3, 0.4) is 0 Å². The van der Waals surface area contributed by atoms with Crippen LogP contribution in [0, 0.1) is 11.6 Å². The molecule has 2 aliphatic heterocycles. The van der Waals surface area contributed by atoms with E-state index in [9.17, 15) is 36.6 Å². The van der Waals surface area contributed by atoms with Crippen molar-refractivity contribution in [3.05, 3.63) is 58.1 Å².